The molecule has 3 aliphatic rings. The second-order valence-corrected chi connectivity index (χ2v) is 8.00. The van der Waals surface area contributed by atoms with Crippen LogP contribution in [0.5, 0.6) is 0 Å². The Balaban J connectivity index is 1.39. The van der Waals surface area contributed by atoms with Crippen molar-refractivity contribution in [1.82, 2.24) is 5.32 Å². The molecule has 2 heterocycles. The summed E-state index contributed by atoms with van der Waals surface area (Å²) >= 11 is 0. The van der Waals surface area contributed by atoms with Gasteiger partial charge in [0, 0.05) is 42.8 Å². The molecular weight excluding hydrogens is 321 g/mol. The second kappa shape index (κ2) is 6.16. The number of benzene rings is 1. The number of hydrogen-bond donors (Lipinski definition) is 2. The van der Waals surface area contributed by atoms with Crippen molar-refractivity contribution in [1.29, 1.82) is 0 Å². The number of rotatable bonds is 3. The third-order valence-corrected chi connectivity index (χ3v) is 6.04. The third-order valence-electron chi connectivity index (χ3n) is 6.04. The predicted octanol–water partition coefficient (Wildman–Crippen LogP) is 3.36. The molecule has 1 aromatic carbocycles. The Bertz CT molecular complexity index is 673. The van der Waals surface area contributed by atoms with E-state index in [1.165, 1.54) is 6.07 Å². The normalized spacial score (nSPS) is 29.9. The number of halogens is 1. The van der Waals surface area contributed by atoms with Crippen LogP contribution in [0.3, 0.4) is 0 Å². The maximum atomic E-state index is 14.4. The maximum Gasteiger partial charge on any atom is 0.319 e. The molecule has 25 heavy (non-hydrogen) atoms. The molecule has 2 N–H and O–H groups in total. The van der Waals surface area contributed by atoms with Crippen molar-refractivity contribution < 1.29 is 13.9 Å². The monoisotopic (exact) mass is 347 g/mol. The average Bonchev–Trinajstić information content (AvgIpc) is 3.23. The Kier molecular flexibility index (Phi) is 4.10. The molecule has 0 aromatic heterocycles. The number of nitrogens with zero attached hydrogens (tertiary/aromatic N) is 1. The molecule has 0 spiro atoms. The summed E-state index contributed by atoms with van der Waals surface area (Å²) in [5, 5.41) is 5.82. The molecule has 2 aliphatic heterocycles. The standard InChI is InChI=1S/C19H26FN3O2/c1-19(2)16(13-7-10-25-17(13)19)22-18(24)21-12-5-6-15(14(20)11-12)23-8-3-4-9-23/h5-6,11,13,16-17H,3-4,7-10H2,1-2H3,(H2,21,22,24)/t13-,16+,17-/m0/s1. The molecule has 4 rings (SSSR count). The summed E-state index contributed by atoms with van der Waals surface area (Å²) in [6, 6.07) is 4.74. The van der Waals surface area contributed by atoms with E-state index >= 15 is 0 Å². The fourth-order valence-electron chi connectivity index (χ4n) is 4.72. The van der Waals surface area contributed by atoms with Crippen LogP contribution in [0.2, 0.25) is 0 Å². The van der Waals surface area contributed by atoms with Gasteiger partial charge in [-0.1, -0.05) is 13.8 Å². The van der Waals surface area contributed by atoms with E-state index in [0.29, 0.717) is 17.3 Å². The van der Waals surface area contributed by atoms with E-state index < -0.39 is 0 Å². The zero-order valence-corrected chi connectivity index (χ0v) is 14.8. The molecule has 3 atom stereocenters. The van der Waals surface area contributed by atoms with E-state index in [1.807, 2.05) is 0 Å². The lowest BCUT2D eigenvalue weighted by Crippen LogP contribution is -2.67. The van der Waals surface area contributed by atoms with Gasteiger partial charge < -0.3 is 20.3 Å². The number of carbonyl (C=O) groups excluding carboxylic acids is 1. The van der Waals surface area contributed by atoms with Crippen molar-refractivity contribution >= 4 is 17.4 Å². The molecule has 0 unspecified atom stereocenters. The number of carbonyl (C=O) groups is 1. The first kappa shape index (κ1) is 16.6. The van der Waals surface area contributed by atoms with Crippen LogP contribution in [-0.4, -0.2) is 37.9 Å². The number of amides is 2. The Morgan fingerprint density at radius 1 is 1.32 bits per heavy atom. The minimum absolute atomic E-state index is 0.0661. The molecule has 2 saturated heterocycles. The van der Waals surface area contributed by atoms with E-state index in [-0.39, 0.29) is 29.4 Å². The number of ether oxygens (including phenoxy) is 1. The highest BCUT2D eigenvalue weighted by Gasteiger charge is 2.59. The largest absolute Gasteiger partial charge is 0.377 e. The predicted molar refractivity (Wildman–Crippen MR) is 95.4 cm³/mol. The van der Waals surface area contributed by atoms with E-state index in [0.717, 1.165) is 39.0 Å². The lowest BCUT2D eigenvalue weighted by atomic mass is 9.57. The van der Waals surface area contributed by atoms with Gasteiger partial charge in [-0.15, -0.1) is 0 Å². The van der Waals surface area contributed by atoms with Crippen LogP contribution in [0.1, 0.15) is 33.1 Å². The topological polar surface area (TPSA) is 53.6 Å². The summed E-state index contributed by atoms with van der Waals surface area (Å²) in [6.45, 7) is 6.79. The van der Waals surface area contributed by atoms with Gasteiger partial charge in [-0.3, -0.25) is 0 Å². The molecule has 3 fully saturated rings. The highest BCUT2D eigenvalue weighted by atomic mass is 19.1. The SMILES string of the molecule is CC1(C)[C@H](NC(=O)Nc2ccc(N3CCCC3)c(F)c2)[C@@H]2CCO[C@@H]21. The summed E-state index contributed by atoms with van der Waals surface area (Å²) in [6.07, 6.45) is 3.42. The van der Waals surface area contributed by atoms with Crippen LogP contribution >= 0.6 is 0 Å². The zero-order valence-electron chi connectivity index (χ0n) is 14.8. The Hall–Kier alpha value is -1.82. The minimum Gasteiger partial charge on any atom is -0.377 e. The van der Waals surface area contributed by atoms with Crippen LogP contribution in [0.15, 0.2) is 18.2 Å². The van der Waals surface area contributed by atoms with Crippen molar-refractivity contribution in [2.45, 2.75) is 45.3 Å². The number of hydrogen-bond acceptors (Lipinski definition) is 3. The van der Waals surface area contributed by atoms with Gasteiger partial charge in [0.1, 0.15) is 5.82 Å². The van der Waals surface area contributed by atoms with Gasteiger partial charge in [-0.05, 0) is 37.5 Å². The van der Waals surface area contributed by atoms with E-state index in [2.05, 4.69) is 29.4 Å². The molecule has 136 valence electrons. The van der Waals surface area contributed by atoms with Crippen LogP contribution < -0.4 is 15.5 Å². The van der Waals surface area contributed by atoms with Crippen molar-refractivity contribution in [2.75, 3.05) is 29.9 Å². The molecule has 1 aromatic rings. The van der Waals surface area contributed by atoms with E-state index in [1.54, 1.807) is 12.1 Å². The molecule has 0 radical (unpaired) electrons. The second-order valence-electron chi connectivity index (χ2n) is 8.00. The summed E-state index contributed by atoms with van der Waals surface area (Å²) < 4.78 is 20.1. The number of anilines is 2. The molecule has 2 amide bonds. The first-order valence-electron chi connectivity index (χ1n) is 9.20. The van der Waals surface area contributed by atoms with Crippen molar-refractivity contribution in [3.8, 4) is 0 Å². The first-order valence-corrected chi connectivity index (χ1v) is 9.20. The Morgan fingerprint density at radius 3 is 2.80 bits per heavy atom. The fourth-order valence-corrected chi connectivity index (χ4v) is 4.72. The van der Waals surface area contributed by atoms with Crippen LogP contribution in [0.25, 0.3) is 0 Å². The first-order chi connectivity index (χ1) is 12.0. The maximum absolute atomic E-state index is 14.4. The Labute approximate surface area is 147 Å². The van der Waals surface area contributed by atoms with Crippen LogP contribution in [0.4, 0.5) is 20.6 Å². The molecule has 5 nitrogen and oxygen atoms in total. The summed E-state index contributed by atoms with van der Waals surface area (Å²) in [5.41, 5.74) is 1.03. The fraction of sp³-hybridized carbons (Fsp3) is 0.632. The van der Waals surface area contributed by atoms with E-state index in [9.17, 15) is 9.18 Å². The number of nitrogens with one attached hydrogen (secondary N) is 2. The highest BCUT2D eigenvalue weighted by Crippen LogP contribution is 2.52. The average molecular weight is 347 g/mol. The molecular formula is C19H26FN3O2. The third kappa shape index (κ3) is 2.86. The molecule has 6 heteroatoms. The Morgan fingerprint density at radius 2 is 2.08 bits per heavy atom. The van der Waals surface area contributed by atoms with Crippen molar-refractivity contribution in [3.63, 3.8) is 0 Å². The smallest absolute Gasteiger partial charge is 0.319 e. The molecule has 1 aliphatic carbocycles. The summed E-state index contributed by atoms with van der Waals surface area (Å²) in [7, 11) is 0. The summed E-state index contributed by atoms with van der Waals surface area (Å²) in [4.78, 5) is 14.4. The van der Waals surface area contributed by atoms with Gasteiger partial charge in [0.15, 0.2) is 0 Å². The van der Waals surface area contributed by atoms with Gasteiger partial charge in [-0.2, -0.15) is 0 Å². The molecule has 1 saturated carbocycles. The van der Waals surface area contributed by atoms with Gasteiger partial charge in [0.25, 0.3) is 0 Å². The van der Waals surface area contributed by atoms with E-state index in [4.69, 9.17) is 4.74 Å². The molecule has 0 bridgehead atoms. The van der Waals surface area contributed by atoms with Crippen molar-refractivity contribution in [2.24, 2.45) is 11.3 Å². The van der Waals surface area contributed by atoms with Crippen LogP contribution in [-0.2, 0) is 4.74 Å². The summed E-state index contributed by atoms with van der Waals surface area (Å²) in [5.74, 6) is 0.1000. The zero-order chi connectivity index (χ0) is 17.6. The number of fused-ring (bicyclic) bond motifs is 1. The van der Waals surface area contributed by atoms with Gasteiger partial charge in [-0.25, -0.2) is 9.18 Å². The quantitative estimate of drug-likeness (QED) is 0.881. The van der Waals surface area contributed by atoms with Gasteiger partial charge in [0.2, 0.25) is 0 Å². The lowest BCUT2D eigenvalue weighted by Gasteiger charge is -2.54. The lowest BCUT2D eigenvalue weighted by molar-refractivity contribution is -0.107. The van der Waals surface area contributed by atoms with Crippen molar-refractivity contribution in [3.05, 3.63) is 24.0 Å². The van der Waals surface area contributed by atoms with Gasteiger partial charge in [0.05, 0.1) is 11.8 Å². The minimum atomic E-state index is -0.284. The van der Waals surface area contributed by atoms with Gasteiger partial charge >= 0.3 is 6.03 Å². The highest BCUT2D eigenvalue weighted by molar-refractivity contribution is 5.90. The van der Waals surface area contributed by atoms with Crippen LogP contribution in [0, 0.1) is 17.2 Å². The number of urea groups is 1.